The van der Waals surface area contributed by atoms with Gasteiger partial charge in [0.05, 0.1) is 12.2 Å². The lowest BCUT2D eigenvalue weighted by Crippen LogP contribution is -2.41. The molecule has 18 heavy (non-hydrogen) atoms. The summed E-state index contributed by atoms with van der Waals surface area (Å²) >= 11 is 0. The smallest absolute Gasteiger partial charge is 0.106 e. The van der Waals surface area contributed by atoms with Gasteiger partial charge in [-0.05, 0) is 46.2 Å². The number of rotatable bonds is 6. The topological polar surface area (TPSA) is 48.3 Å². The van der Waals surface area contributed by atoms with Crippen LogP contribution in [0.1, 0.15) is 39.5 Å². The van der Waals surface area contributed by atoms with Crippen molar-refractivity contribution in [3.8, 4) is 6.07 Å². The normalized spacial score (nSPS) is 25.1. The maximum Gasteiger partial charge on any atom is 0.106 e. The van der Waals surface area contributed by atoms with Crippen molar-refractivity contribution in [2.75, 3.05) is 33.3 Å². The molecule has 1 fully saturated rings. The van der Waals surface area contributed by atoms with Gasteiger partial charge in [0.25, 0.3) is 0 Å². The standard InChI is InChI=1S/C14H27N3O/c1-4-14(12-15,16-3)7-5-8-17-9-6-10-18-13(2)11-17/h13,16H,4-11H2,1-3H3. The Morgan fingerprint density at radius 1 is 1.56 bits per heavy atom. The van der Waals surface area contributed by atoms with E-state index in [2.05, 4.69) is 30.1 Å². The van der Waals surface area contributed by atoms with E-state index < -0.39 is 0 Å². The third-order valence-electron chi connectivity index (χ3n) is 3.91. The fourth-order valence-electron chi connectivity index (χ4n) is 2.56. The van der Waals surface area contributed by atoms with Crippen molar-refractivity contribution >= 4 is 0 Å². The largest absolute Gasteiger partial charge is 0.377 e. The summed E-state index contributed by atoms with van der Waals surface area (Å²) in [6.07, 6.45) is 4.30. The van der Waals surface area contributed by atoms with E-state index in [0.717, 1.165) is 51.9 Å². The van der Waals surface area contributed by atoms with E-state index in [1.54, 1.807) is 0 Å². The maximum atomic E-state index is 9.25. The Labute approximate surface area is 111 Å². The van der Waals surface area contributed by atoms with Crippen molar-refractivity contribution in [3.05, 3.63) is 0 Å². The molecule has 0 radical (unpaired) electrons. The summed E-state index contributed by atoms with van der Waals surface area (Å²) in [7, 11) is 1.88. The number of nitrogens with zero attached hydrogens (tertiary/aromatic N) is 2. The Balaban J connectivity index is 2.34. The lowest BCUT2D eigenvalue weighted by atomic mass is 9.92. The first-order chi connectivity index (χ1) is 8.65. The van der Waals surface area contributed by atoms with E-state index in [9.17, 15) is 5.26 Å². The molecule has 2 atom stereocenters. The molecule has 0 aromatic carbocycles. The molecule has 1 N–H and O–H groups in total. The Bertz CT molecular complexity index is 271. The van der Waals surface area contributed by atoms with Crippen LogP contribution in [0.4, 0.5) is 0 Å². The molecule has 1 saturated heterocycles. The Morgan fingerprint density at radius 2 is 2.33 bits per heavy atom. The number of nitriles is 1. The first-order valence-corrected chi connectivity index (χ1v) is 7.10. The molecule has 4 nitrogen and oxygen atoms in total. The van der Waals surface area contributed by atoms with Crippen LogP contribution in [0.2, 0.25) is 0 Å². The summed E-state index contributed by atoms with van der Waals surface area (Å²) in [4.78, 5) is 2.46. The van der Waals surface area contributed by atoms with Gasteiger partial charge in [-0.3, -0.25) is 0 Å². The van der Waals surface area contributed by atoms with Crippen LogP contribution in [0.15, 0.2) is 0 Å². The number of nitrogens with one attached hydrogen (secondary N) is 1. The van der Waals surface area contributed by atoms with E-state index in [1.165, 1.54) is 0 Å². The lowest BCUT2D eigenvalue weighted by molar-refractivity contribution is 0.0673. The minimum atomic E-state index is -0.339. The van der Waals surface area contributed by atoms with Crippen LogP contribution >= 0.6 is 0 Å². The van der Waals surface area contributed by atoms with Gasteiger partial charge in [-0.2, -0.15) is 5.26 Å². The summed E-state index contributed by atoms with van der Waals surface area (Å²) in [5.41, 5.74) is -0.339. The predicted octanol–water partition coefficient (Wildman–Crippen LogP) is 1.77. The van der Waals surface area contributed by atoms with Crippen LogP contribution in [0.3, 0.4) is 0 Å². The second-order valence-corrected chi connectivity index (χ2v) is 5.24. The van der Waals surface area contributed by atoms with Crippen LogP contribution in [0.5, 0.6) is 0 Å². The minimum Gasteiger partial charge on any atom is -0.377 e. The van der Waals surface area contributed by atoms with Crippen molar-refractivity contribution < 1.29 is 4.74 Å². The predicted molar refractivity (Wildman–Crippen MR) is 73.4 cm³/mol. The van der Waals surface area contributed by atoms with Crippen molar-refractivity contribution in [1.29, 1.82) is 5.26 Å². The van der Waals surface area contributed by atoms with Gasteiger partial charge in [0.1, 0.15) is 5.54 Å². The van der Waals surface area contributed by atoms with Crippen molar-refractivity contribution in [2.45, 2.75) is 51.2 Å². The molecule has 2 unspecified atom stereocenters. The van der Waals surface area contributed by atoms with Crippen molar-refractivity contribution in [2.24, 2.45) is 0 Å². The molecule has 4 heteroatoms. The molecule has 104 valence electrons. The van der Waals surface area contributed by atoms with Gasteiger partial charge in [-0.15, -0.1) is 0 Å². The highest BCUT2D eigenvalue weighted by molar-refractivity contribution is 5.05. The van der Waals surface area contributed by atoms with Crippen LogP contribution in [0.25, 0.3) is 0 Å². The lowest BCUT2D eigenvalue weighted by Gasteiger charge is -2.27. The van der Waals surface area contributed by atoms with Gasteiger partial charge in [-0.1, -0.05) is 6.92 Å². The first-order valence-electron chi connectivity index (χ1n) is 7.10. The summed E-state index contributed by atoms with van der Waals surface area (Å²) in [6, 6.07) is 2.42. The molecule has 1 aliphatic rings. The minimum absolute atomic E-state index is 0.337. The quantitative estimate of drug-likeness (QED) is 0.784. The Kier molecular flexibility index (Phi) is 6.62. The highest BCUT2D eigenvalue weighted by Crippen LogP contribution is 2.17. The summed E-state index contributed by atoms with van der Waals surface area (Å²) in [5, 5.41) is 12.4. The zero-order valence-corrected chi connectivity index (χ0v) is 12.0. The molecule has 0 saturated carbocycles. The average molecular weight is 253 g/mol. The Morgan fingerprint density at radius 3 is 2.94 bits per heavy atom. The SMILES string of the molecule is CCC(C#N)(CCCN1CCCOC(C)C1)NC. The van der Waals surface area contributed by atoms with Crippen LogP contribution in [-0.4, -0.2) is 49.8 Å². The van der Waals surface area contributed by atoms with E-state index >= 15 is 0 Å². The molecular formula is C14H27N3O. The van der Waals surface area contributed by atoms with Crippen molar-refractivity contribution in [3.63, 3.8) is 0 Å². The third kappa shape index (κ3) is 4.56. The summed E-state index contributed by atoms with van der Waals surface area (Å²) in [6.45, 7) is 8.30. The summed E-state index contributed by atoms with van der Waals surface area (Å²) < 4.78 is 5.64. The number of ether oxygens (including phenoxy) is 1. The molecule has 1 aliphatic heterocycles. The van der Waals surface area contributed by atoms with Gasteiger partial charge < -0.3 is 15.0 Å². The van der Waals surface area contributed by atoms with E-state index in [4.69, 9.17) is 4.74 Å². The van der Waals surface area contributed by atoms with Gasteiger partial charge in [0, 0.05) is 19.7 Å². The molecular weight excluding hydrogens is 226 g/mol. The molecule has 1 rings (SSSR count). The second kappa shape index (κ2) is 7.73. The first kappa shape index (κ1) is 15.4. The highest BCUT2D eigenvalue weighted by Gasteiger charge is 2.25. The van der Waals surface area contributed by atoms with Crippen LogP contribution < -0.4 is 5.32 Å². The third-order valence-corrected chi connectivity index (χ3v) is 3.91. The zero-order chi connectivity index (χ0) is 13.4. The van der Waals surface area contributed by atoms with E-state index in [-0.39, 0.29) is 5.54 Å². The fourth-order valence-corrected chi connectivity index (χ4v) is 2.56. The monoisotopic (exact) mass is 253 g/mol. The average Bonchev–Trinajstić information content (AvgIpc) is 2.60. The van der Waals surface area contributed by atoms with Gasteiger partial charge >= 0.3 is 0 Å². The molecule has 0 aliphatic carbocycles. The van der Waals surface area contributed by atoms with E-state index in [0.29, 0.717) is 6.10 Å². The number of hydrogen-bond donors (Lipinski definition) is 1. The molecule has 1 heterocycles. The summed E-state index contributed by atoms with van der Waals surface area (Å²) in [5.74, 6) is 0. The van der Waals surface area contributed by atoms with Crippen LogP contribution in [-0.2, 0) is 4.74 Å². The molecule has 0 aromatic rings. The van der Waals surface area contributed by atoms with Gasteiger partial charge in [0.2, 0.25) is 0 Å². The molecule has 0 bridgehead atoms. The maximum absolute atomic E-state index is 9.25. The van der Waals surface area contributed by atoms with Gasteiger partial charge in [0.15, 0.2) is 0 Å². The van der Waals surface area contributed by atoms with Crippen LogP contribution in [0, 0.1) is 11.3 Å². The fraction of sp³-hybridized carbons (Fsp3) is 0.929. The number of hydrogen-bond acceptors (Lipinski definition) is 4. The van der Waals surface area contributed by atoms with Gasteiger partial charge in [-0.25, -0.2) is 0 Å². The Hall–Kier alpha value is -0.630. The zero-order valence-electron chi connectivity index (χ0n) is 12.0. The molecule has 0 spiro atoms. The second-order valence-electron chi connectivity index (χ2n) is 5.24. The highest BCUT2D eigenvalue weighted by atomic mass is 16.5. The van der Waals surface area contributed by atoms with E-state index in [1.807, 2.05) is 7.05 Å². The van der Waals surface area contributed by atoms with Crippen molar-refractivity contribution in [1.82, 2.24) is 10.2 Å². The molecule has 0 amide bonds. The molecule has 0 aromatic heterocycles.